The summed E-state index contributed by atoms with van der Waals surface area (Å²) in [5, 5.41) is 20.8. The number of rotatable bonds is 3. The van der Waals surface area contributed by atoms with Crippen molar-refractivity contribution >= 4 is 0 Å². The van der Waals surface area contributed by atoms with Crippen LogP contribution in [0.4, 0.5) is 0 Å². The zero-order valence-corrected chi connectivity index (χ0v) is 11.5. The number of aromatic nitrogens is 2. The van der Waals surface area contributed by atoms with Crippen molar-refractivity contribution in [1.29, 1.82) is 0 Å². The number of nitrogens with zero attached hydrogens (tertiary/aromatic N) is 1. The van der Waals surface area contributed by atoms with E-state index in [0.717, 1.165) is 42.0 Å². The molecule has 3 rings (SSSR count). The first-order chi connectivity index (χ1) is 9.74. The Balaban J connectivity index is 2.12. The Bertz CT molecular complexity index is 612. The first-order valence-electron chi connectivity index (χ1n) is 6.46. The van der Waals surface area contributed by atoms with Gasteiger partial charge in [0.1, 0.15) is 0 Å². The highest BCUT2D eigenvalue weighted by Crippen LogP contribution is 2.41. The fourth-order valence-corrected chi connectivity index (χ4v) is 2.49. The van der Waals surface area contributed by atoms with Gasteiger partial charge in [0.2, 0.25) is 5.75 Å². The zero-order valence-electron chi connectivity index (χ0n) is 11.5. The normalized spacial score (nSPS) is 13.9. The van der Waals surface area contributed by atoms with Gasteiger partial charge < -0.3 is 19.9 Å². The number of nitrogens with one attached hydrogen (secondary N) is 2. The molecule has 0 spiro atoms. The van der Waals surface area contributed by atoms with E-state index in [0.29, 0.717) is 11.5 Å². The minimum Gasteiger partial charge on any atom is -0.502 e. The van der Waals surface area contributed by atoms with Crippen LogP contribution in [0.3, 0.4) is 0 Å². The highest BCUT2D eigenvalue weighted by Gasteiger charge is 2.20. The van der Waals surface area contributed by atoms with Crippen LogP contribution in [0.1, 0.15) is 11.3 Å². The smallest absolute Gasteiger partial charge is 0.200 e. The van der Waals surface area contributed by atoms with Crippen molar-refractivity contribution in [1.82, 2.24) is 15.5 Å². The molecule has 1 aliphatic heterocycles. The van der Waals surface area contributed by atoms with Gasteiger partial charge in [-0.15, -0.1) is 0 Å². The molecule has 20 heavy (non-hydrogen) atoms. The van der Waals surface area contributed by atoms with Crippen LogP contribution in [0, 0.1) is 0 Å². The van der Waals surface area contributed by atoms with Gasteiger partial charge in [0.25, 0.3) is 0 Å². The number of aromatic amines is 1. The average Bonchev–Trinajstić information content (AvgIpc) is 2.91. The third-order valence-corrected chi connectivity index (χ3v) is 3.56. The van der Waals surface area contributed by atoms with Crippen molar-refractivity contribution < 1.29 is 14.6 Å². The molecule has 2 heterocycles. The lowest BCUT2D eigenvalue weighted by Crippen LogP contribution is -2.23. The van der Waals surface area contributed by atoms with Crippen LogP contribution >= 0.6 is 0 Å². The first-order valence-corrected chi connectivity index (χ1v) is 6.46. The number of phenolic OH excluding ortho intramolecular Hbond substituents is 1. The molecule has 3 N–H and O–H groups in total. The Morgan fingerprint density at radius 3 is 2.55 bits per heavy atom. The number of aromatic hydroxyl groups is 1. The van der Waals surface area contributed by atoms with E-state index in [1.807, 2.05) is 0 Å². The van der Waals surface area contributed by atoms with Crippen LogP contribution in [0.2, 0.25) is 0 Å². The maximum Gasteiger partial charge on any atom is 0.200 e. The van der Waals surface area contributed by atoms with E-state index in [1.165, 1.54) is 14.2 Å². The van der Waals surface area contributed by atoms with Crippen LogP contribution in [-0.4, -0.2) is 36.1 Å². The summed E-state index contributed by atoms with van der Waals surface area (Å²) in [6.45, 7) is 1.74. The molecular weight excluding hydrogens is 258 g/mol. The number of hydrogen-bond donors (Lipinski definition) is 3. The minimum atomic E-state index is 0.00118. The Hall–Kier alpha value is -2.21. The van der Waals surface area contributed by atoms with E-state index >= 15 is 0 Å². The van der Waals surface area contributed by atoms with Gasteiger partial charge in [-0.3, -0.25) is 5.10 Å². The summed E-state index contributed by atoms with van der Waals surface area (Å²) >= 11 is 0. The molecule has 0 amide bonds. The Labute approximate surface area is 116 Å². The summed E-state index contributed by atoms with van der Waals surface area (Å²) < 4.78 is 10.4. The van der Waals surface area contributed by atoms with Gasteiger partial charge in [-0.2, -0.15) is 5.10 Å². The maximum atomic E-state index is 9.96. The van der Waals surface area contributed by atoms with Gasteiger partial charge >= 0.3 is 0 Å². The monoisotopic (exact) mass is 275 g/mol. The van der Waals surface area contributed by atoms with Crippen molar-refractivity contribution in [3.8, 4) is 28.5 Å². The summed E-state index contributed by atoms with van der Waals surface area (Å²) in [5.74, 6) is 0.751. The molecule has 1 aliphatic rings. The lowest BCUT2D eigenvalue weighted by atomic mass is 10.0. The Kier molecular flexibility index (Phi) is 3.23. The van der Waals surface area contributed by atoms with Gasteiger partial charge in [-0.05, 0) is 12.1 Å². The highest BCUT2D eigenvalue weighted by molar-refractivity contribution is 5.71. The first kappa shape index (κ1) is 12.8. The molecule has 106 valence electrons. The number of fused-ring (bicyclic) bond motifs is 1. The standard InChI is InChI=1S/C14H17N3O3/c1-19-11-5-8(6-12(20-2)14(11)18)13-9-7-15-4-3-10(9)16-17-13/h5-6,15,18H,3-4,7H2,1-2H3,(H,16,17). The number of H-pyrrole nitrogens is 1. The van der Waals surface area contributed by atoms with E-state index < -0.39 is 0 Å². The third-order valence-electron chi connectivity index (χ3n) is 3.56. The van der Waals surface area contributed by atoms with Gasteiger partial charge in [0, 0.05) is 36.3 Å². The van der Waals surface area contributed by atoms with Crippen LogP contribution < -0.4 is 14.8 Å². The van der Waals surface area contributed by atoms with E-state index in [2.05, 4.69) is 15.5 Å². The molecule has 1 aromatic carbocycles. The molecule has 0 unspecified atom stereocenters. The topological polar surface area (TPSA) is 79.4 Å². The quantitative estimate of drug-likeness (QED) is 0.790. The second-order valence-electron chi connectivity index (χ2n) is 4.69. The molecule has 2 aromatic rings. The summed E-state index contributed by atoms with van der Waals surface area (Å²) in [7, 11) is 3.03. The fraction of sp³-hybridized carbons (Fsp3) is 0.357. The number of ether oxygens (including phenoxy) is 2. The summed E-state index contributed by atoms with van der Waals surface area (Å²) in [6.07, 6.45) is 0.939. The lowest BCUT2D eigenvalue weighted by Gasteiger charge is -2.14. The molecule has 6 heteroatoms. The van der Waals surface area contributed by atoms with Gasteiger partial charge in [0.15, 0.2) is 11.5 Å². The molecule has 0 radical (unpaired) electrons. The van der Waals surface area contributed by atoms with Crippen LogP contribution in [-0.2, 0) is 13.0 Å². The predicted molar refractivity (Wildman–Crippen MR) is 74.2 cm³/mol. The van der Waals surface area contributed by atoms with Crippen LogP contribution in [0.25, 0.3) is 11.3 Å². The second-order valence-corrected chi connectivity index (χ2v) is 4.69. The number of benzene rings is 1. The number of hydrogen-bond acceptors (Lipinski definition) is 5. The molecule has 0 aliphatic carbocycles. The second kappa shape index (κ2) is 5.05. The summed E-state index contributed by atoms with van der Waals surface area (Å²) in [5.41, 5.74) is 4.04. The predicted octanol–water partition coefficient (Wildman–Crippen LogP) is 1.45. The highest BCUT2D eigenvalue weighted by atomic mass is 16.5. The van der Waals surface area contributed by atoms with Gasteiger partial charge in [-0.1, -0.05) is 0 Å². The molecule has 0 fully saturated rings. The molecule has 0 saturated carbocycles. The molecule has 1 aromatic heterocycles. The SMILES string of the molecule is COc1cc(-c2n[nH]c3c2CNCC3)cc(OC)c1O. The molecule has 0 atom stereocenters. The zero-order chi connectivity index (χ0) is 14.1. The van der Waals surface area contributed by atoms with E-state index in [-0.39, 0.29) is 5.75 Å². The van der Waals surface area contributed by atoms with Gasteiger partial charge in [0.05, 0.1) is 19.9 Å². The summed E-state index contributed by atoms with van der Waals surface area (Å²) in [6, 6.07) is 3.53. The molecule has 6 nitrogen and oxygen atoms in total. The van der Waals surface area contributed by atoms with Crippen molar-refractivity contribution in [3.05, 3.63) is 23.4 Å². The number of phenols is 1. The minimum absolute atomic E-state index is 0.00118. The van der Waals surface area contributed by atoms with Crippen molar-refractivity contribution in [2.75, 3.05) is 20.8 Å². The largest absolute Gasteiger partial charge is 0.502 e. The fourth-order valence-electron chi connectivity index (χ4n) is 2.49. The van der Waals surface area contributed by atoms with Crippen LogP contribution in [0.5, 0.6) is 17.2 Å². The van der Waals surface area contributed by atoms with Crippen molar-refractivity contribution in [2.45, 2.75) is 13.0 Å². The third kappa shape index (κ3) is 1.98. The average molecular weight is 275 g/mol. The van der Waals surface area contributed by atoms with Crippen molar-refractivity contribution in [2.24, 2.45) is 0 Å². The molecule has 0 bridgehead atoms. The Morgan fingerprint density at radius 1 is 1.20 bits per heavy atom. The molecular formula is C14H17N3O3. The van der Waals surface area contributed by atoms with E-state index in [1.54, 1.807) is 12.1 Å². The summed E-state index contributed by atoms with van der Waals surface area (Å²) in [4.78, 5) is 0. The van der Waals surface area contributed by atoms with Crippen LogP contribution in [0.15, 0.2) is 12.1 Å². The maximum absolute atomic E-state index is 9.96. The Morgan fingerprint density at radius 2 is 1.90 bits per heavy atom. The molecule has 0 saturated heterocycles. The van der Waals surface area contributed by atoms with E-state index in [9.17, 15) is 5.11 Å². The number of methoxy groups -OCH3 is 2. The van der Waals surface area contributed by atoms with Gasteiger partial charge in [-0.25, -0.2) is 0 Å². The van der Waals surface area contributed by atoms with Crippen molar-refractivity contribution in [3.63, 3.8) is 0 Å². The lowest BCUT2D eigenvalue weighted by molar-refractivity contribution is 0.340. The van der Waals surface area contributed by atoms with E-state index in [4.69, 9.17) is 9.47 Å².